The molecule has 1 N–H and O–H groups in total. The van der Waals surface area contributed by atoms with Gasteiger partial charge in [-0.15, -0.1) is 0 Å². The minimum Gasteiger partial charge on any atom is -0.497 e. The number of aromatic carboxylic acids is 1. The molecule has 94 valence electrons. The van der Waals surface area contributed by atoms with Crippen LogP contribution in [0.5, 0.6) is 16.6 Å². The van der Waals surface area contributed by atoms with Crippen molar-refractivity contribution in [2.45, 2.75) is 0 Å². The van der Waals surface area contributed by atoms with Gasteiger partial charge in [0, 0.05) is 0 Å². The third-order valence-electron chi connectivity index (χ3n) is 2.14. The van der Waals surface area contributed by atoms with Gasteiger partial charge in [0.05, 0.1) is 11.6 Å². The summed E-state index contributed by atoms with van der Waals surface area (Å²) in [5.41, 5.74) is 0. The van der Waals surface area contributed by atoms with E-state index < -0.39 is 5.97 Å². The molecule has 0 fully saturated rings. The van der Waals surface area contributed by atoms with Crippen molar-refractivity contribution in [3.05, 3.63) is 39.7 Å². The molecule has 6 heteroatoms. The van der Waals surface area contributed by atoms with Gasteiger partial charge in [0.1, 0.15) is 16.4 Å². The highest BCUT2D eigenvalue weighted by Gasteiger charge is 2.10. The van der Waals surface area contributed by atoms with E-state index in [0.717, 1.165) is 15.8 Å². The largest absolute Gasteiger partial charge is 0.497 e. The van der Waals surface area contributed by atoms with Crippen molar-refractivity contribution in [1.82, 2.24) is 0 Å². The first-order valence-electron chi connectivity index (χ1n) is 4.94. The summed E-state index contributed by atoms with van der Waals surface area (Å²) in [7, 11) is 1.58. The second-order valence-corrected chi connectivity index (χ2v) is 5.22. The van der Waals surface area contributed by atoms with Crippen molar-refractivity contribution in [3.63, 3.8) is 0 Å². The van der Waals surface area contributed by atoms with Crippen LogP contribution in [0.1, 0.15) is 9.67 Å². The molecular weight excluding hydrogens is 320 g/mol. The molecule has 0 atom stereocenters. The number of hydrogen-bond donors (Lipinski definition) is 1. The minimum atomic E-state index is -0.955. The summed E-state index contributed by atoms with van der Waals surface area (Å²) in [6.07, 6.45) is 0. The Hall–Kier alpha value is -1.53. The summed E-state index contributed by atoms with van der Waals surface area (Å²) >= 11 is 4.45. The molecule has 1 aromatic carbocycles. The number of carbonyl (C=O) groups is 1. The highest BCUT2D eigenvalue weighted by Crippen LogP contribution is 2.35. The Morgan fingerprint density at radius 2 is 2.11 bits per heavy atom. The van der Waals surface area contributed by atoms with Gasteiger partial charge in [0.2, 0.25) is 0 Å². The fourth-order valence-electron chi connectivity index (χ4n) is 1.29. The smallest absolute Gasteiger partial charge is 0.345 e. The summed E-state index contributed by atoms with van der Waals surface area (Å²) in [4.78, 5) is 11.0. The summed E-state index contributed by atoms with van der Waals surface area (Å²) in [5.74, 6) is 0.366. The van der Waals surface area contributed by atoms with E-state index in [-0.39, 0.29) is 4.88 Å². The quantitative estimate of drug-likeness (QED) is 0.921. The topological polar surface area (TPSA) is 55.8 Å². The Labute approximate surface area is 116 Å². The number of carboxylic acids is 1. The maximum Gasteiger partial charge on any atom is 0.345 e. The number of rotatable bonds is 4. The van der Waals surface area contributed by atoms with Crippen LogP contribution in [0.15, 0.2) is 34.8 Å². The van der Waals surface area contributed by atoms with Crippen LogP contribution in [-0.4, -0.2) is 18.2 Å². The van der Waals surface area contributed by atoms with E-state index in [1.54, 1.807) is 31.4 Å². The Bertz CT molecular complexity index is 579. The molecule has 0 aliphatic carbocycles. The lowest BCUT2D eigenvalue weighted by Gasteiger charge is -2.06. The minimum absolute atomic E-state index is 0.245. The highest BCUT2D eigenvalue weighted by molar-refractivity contribution is 9.10. The van der Waals surface area contributed by atoms with Gasteiger partial charge in [0.15, 0.2) is 5.06 Å². The number of thiophene rings is 1. The zero-order valence-corrected chi connectivity index (χ0v) is 11.7. The third-order valence-corrected chi connectivity index (χ3v) is 3.71. The molecule has 0 aliphatic rings. The van der Waals surface area contributed by atoms with Crippen LogP contribution in [0.4, 0.5) is 0 Å². The Balaban J connectivity index is 2.20. The Morgan fingerprint density at radius 1 is 1.33 bits per heavy atom. The number of halogens is 1. The standard InChI is InChI=1S/C12H9BrO4S/c1-16-7-2-3-9(8(13)6-7)17-11-5-4-10(18-11)12(14)15/h2-6H,1H3,(H,14,15). The van der Waals surface area contributed by atoms with Crippen molar-refractivity contribution < 1.29 is 19.4 Å². The molecule has 1 heterocycles. The number of carboxylic acid groups (broad SMARTS) is 1. The zero-order chi connectivity index (χ0) is 13.1. The monoisotopic (exact) mass is 328 g/mol. The molecule has 2 aromatic rings. The van der Waals surface area contributed by atoms with E-state index in [9.17, 15) is 4.79 Å². The fourth-order valence-corrected chi connectivity index (χ4v) is 2.44. The molecular formula is C12H9BrO4S. The molecule has 0 saturated carbocycles. The average Bonchev–Trinajstić information content (AvgIpc) is 2.80. The number of methoxy groups -OCH3 is 1. The van der Waals surface area contributed by atoms with E-state index in [0.29, 0.717) is 16.6 Å². The lowest BCUT2D eigenvalue weighted by atomic mass is 10.3. The lowest BCUT2D eigenvalue weighted by Crippen LogP contribution is -1.89. The highest BCUT2D eigenvalue weighted by atomic mass is 79.9. The van der Waals surface area contributed by atoms with Crippen LogP contribution in [0.25, 0.3) is 0 Å². The third kappa shape index (κ3) is 2.83. The first kappa shape index (κ1) is 12.9. The molecule has 0 bridgehead atoms. The van der Waals surface area contributed by atoms with Gasteiger partial charge in [0.25, 0.3) is 0 Å². The van der Waals surface area contributed by atoms with E-state index in [1.807, 2.05) is 0 Å². The molecule has 2 rings (SSSR count). The molecule has 0 unspecified atom stereocenters. The van der Waals surface area contributed by atoms with Gasteiger partial charge in [-0.2, -0.15) is 0 Å². The molecule has 18 heavy (non-hydrogen) atoms. The van der Waals surface area contributed by atoms with Crippen molar-refractivity contribution >= 4 is 33.2 Å². The fraction of sp³-hybridized carbons (Fsp3) is 0.0833. The van der Waals surface area contributed by atoms with E-state index in [2.05, 4.69) is 15.9 Å². The second kappa shape index (κ2) is 5.41. The van der Waals surface area contributed by atoms with Gasteiger partial charge in [-0.05, 0) is 46.3 Å². The van der Waals surface area contributed by atoms with Crippen molar-refractivity contribution in [1.29, 1.82) is 0 Å². The maximum atomic E-state index is 10.7. The van der Waals surface area contributed by atoms with Crippen molar-refractivity contribution in [3.8, 4) is 16.6 Å². The van der Waals surface area contributed by atoms with Crippen molar-refractivity contribution in [2.75, 3.05) is 7.11 Å². The summed E-state index contributed by atoms with van der Waals surface area (Å²) in [5, 5.41) is 9.34. The van der Waals surface area contributed by atoms with Crippen LogP contribution in [0.3, 0.4) is 0 Å². The van der Waals surface area contributed by atoms with E-state index in [1.165, 1.54) is 6.07 Å². The predicted molar refractivity (Wildman–Crippen MR) is 72.0 cm³/mol. The van der Waals surface area contributed by atoms with Crippen molar-refractivity contribution in [2.24, 2.45) is 0 Å². The van der Waals surface area contributed by atoms with Gasteiger partial charge >= 0.3 is 5.97 Å². The van der Waals surface area contributed by atoms with Gasteiger partial charge in [-0.25, -0.2) is 4.79 Å². The van der Waals surface area contributed by atoms with Crippen LogP contribution >= 0.6 is 27.3 Å². The molecule has 0 amide bonds. The van der Waals surface area contributed by atoms with Crippen LogP contribution in [0.2, 0.25) is 0 Å². The Morgan fingerprint density at radius 3 is 2.67 bits per heavy atom. The normalized spacial score (nSPS) is 10.1. The maximum absolute atomic E-state index is 10.7. The first-order valence-corrected chi connectivity index (χ1v) is 6.55. The van der Waals surface area contributed by atoms with Gasteiger partial charge in [-0.1, -0.05) is 11.3 Å². The molecule has 0 saturated heterocycles. The van der Waals surface area contributed by atoms with Gasteiger partial charge in [-0.3, -0.25) is 0 Å². The summed E-state index contributed by atoms with van der Waals surface area (Å²) < 4.78 is 11.4. The first-order chi connectivity index (χ1) is 8.60. The number of ether oxygens (including phenoxy) is 2. The molecule has 0 aliphatic heterocycles. The number of hydrogen-bond acceptors (Lipinski definition) is 4. The number of benzene rings is 1. The molecule has 0 radical (unpaired) electrons. The second-order valence-electron chi connectivity index (χ2n) is 3.32. The molecule has 1 aromatic heterocycles. The van der Waals surface area contributed by atoms with Crippen LogP contribution in [-0.2, 0) is 0 Å². The average molecular weight is 329 g/mol. The van der Waals surface area contributed by atoms with Crippen LogP contribution in [0, 0.1) is 0 Å². The Kier molecular flexibility index (Phi) is 3.88. The summed E-state index contributed by atoms with van der Waals surface area (Å²) in [6, 6.07) is 8.44. The zero-order valence-electron chi connectivity index (χ0n) is 9.34. The SMILES string of the molecule is COc1ccc(Oc2ccc(C(=O)O)s2)c(Br)c1. The molecule has 0 spiro atoms. The van der Waals surface area contributed by atoms with E-state index >= 15 is 0 Å². The molecule has 4 nitrogen and oxygen atoms in total. The van der Waals surface area contributed by atoms with Gasteiger partial charge < -0.3 is 14.6 Å². The predicted octanol–water partition coefficient (Wildman–Crippen LogP) is 4.01. The lowest BCUT2D eigenvalue weighted by molar-refractivity contribution is 0.0702. The van der Waals surface area contributed by atoms with E-state index in [4.69, 9.17) is 14.6 Å². The van der Waals surface area contributed by atoms with Crippen LogP contribution < -0.4 is 9.47 Å². The summed E-state index contributed by atoms with van der Waals surface area (Å²) in [6.45, 7) is 0.